The van der Waals surface area contributed by atoms with Crippen molar-refractivity contribution in [2.45, 2.75) is 19.8 Å². The van der Waals surface area contributed by atoms with Gasteiger partial charge in [0.2, 0.25) is 5.91 Å². The van der Waals surface area contributed by atoms with Crippen LogP contribution in [0.25, 0.3) is 0 Å². The Hall–Kier alpha value is -3.16. The lowest BCUT2D eigenvalue weighted by atomic mass is 9.79. The Morgan fingerprint density at radius 3 is 2.33 bits per heavy atom. The Morgan fingerprint density at radius 2 is 1.79 bits per heavy atom. The molecule has 126 valence electrons. The number of hydrogen-bond acceptors (Lipinski definition) is 6. The van der Waals surface area contributed by atoms with E-state index in [1.165, 1.54) is 25.3 Å². The number of methoxy groups -OCH3 is 1. The molecular formula is C16H17N3O5. The van der Waals surface area contributed by atoms with Gasteiger partial charge in [0.05, 0.1) is 23.5 Å². The summed E-state index contributed by atoms with van der Waals surface area (Å²) in [4.78, 5) is 35.0. The Kier molecular flexibility index (Phi) is 4.68. The predicted octanol–water partition coefficient (Wildman–Crippen LogP) is 1.49. The molecular weight excluding hydrogens is 314 g/mol. The minimum Gasteiger partial charge on any atom is -0.466 e. The highest BCUT2D eigenvalue weighted by Crippen LogP contribution is 2.41. The molecule has 3 N–H and O–H groups in total. The van der Waals surface area contributed by atoms with E-state index >= 15 is 0 Å². The average Bonchev–Trinajstić information content (AvgIpc) is 2.52. The van der Waals surface area contributed by atoms with Crippen LogP contribution < -0.4 is 11.1 Å². The van der Waals surface area contributed by atoms with E-state index in [9.17, 15) is 19.7 Å². The van der Waals surface area contributed by atoms with Gasteiger partial charge < -0.3 is 15.8 Å². The summed E-state index contributed by atoms with van der Waals surface area (Å²) in [7, 11) is 1.20. The van der Waals surface area contributed by atoms with Crippen molar-refractivity contribution in [2.24, 2.45) is 5.73 Å². The summed E-state index contributed by atoms with van der Waals surface area (Å²) in [5, 5.41) is 14.3. The fraction of sp³-hybridized carbons (Fsp3) is 0.250. The topological polar surface area (TPSA) is 125 Å². The number of nitro benzene ring substituents is 1. The van der Waals surface area contributed by atoms with E-state index in [0.29, 0.717) is 11.4 Å². The number of hydrogen-bond donors (Lipinski definition) is 2. The zero-order valence-corrected chi connectivity index (χ0v) is 13.5. The van der Waals surface area contributed by atoms with E-state index in [0.717, 1.165) is 0 Å². The van der Waals surface area contributed by atoms with Crippen molar-refractivity contribution in [1.29, 1.82) is 0 Å². The number of primary amides is 1. The second-order valence-corrected chi connectivity index (χ2v) is 5.31. The van der Waals surface area contributed by atoms with Crippen LogP contribution in [0.4, 0.5) is 5.69 Å². The number of amides is 1. The molecule has 0 fully saturated rings. The summed E-state index contributed by atoms with van der Waals surface area (Å²) in [5.74, 6) is -2.43. The van der Waals surface area contributed by atoms with Crippen LogP contribution in [0.1, 0.15) is 25.3 Å². The number of carbonyl (C=O) groups is 2. The number of esters is 1. The Morgan fingerprint density at radius 1 is 1.21 bits per heavy atom. The molecule has 0 radical (unpaired) electrons. The third-order valence-corrected chi connectivity index (χ3v) is 3.88. The van der Waals surface area contributed by atoms with Crippen LogP contribution in [-0.4, -0.2) is 23.9 Å². The van der Waals surface area contributed by atoms with Crippen molar-refractivity contribution in [3.05, 3.63) is 62.5 Å². The van der Waals surface area contributed by atoms with Crippen LogP contribution in [0.3, 0.4) is 0 Å². The summed E-state index contributed by atoms with van der Waals surface area (Å²) in [5.41, 5.74) is 6.58. The van der Waals surface area contributed by atoms with Crippen molar-refractivity contribution >= 4 is 17.6 Å². The lowest BCUT2D eigenvalue weighted by molar-refractivity contribution is -0.385. The molecule has 1 aromatic rings. The van der Waals surface area contributed by atoms with Gasteiger partial charge in [0.15, 0.2) is 0 Å². The summed E-state index contributed by atoms with van der Waals surface area (Å²) in [6.45, 7) is 3.26. The molecule has 0 aromatic heterocycles. The molecule has 1 heterocycles. The molecule has 0 saturated carbocycles. The number of nitrogens with zero attached hydrogens (tertiary/aromatic N) is 1. The molecule has 1 unspecified atom stereocenters. The van der Waals surface area contributed by atoms with Gasteiger partial charge in [0.1, 0.15) is 0 Å². The standard InChI is InChI=1S/C16H17N3O5/c1-8-12(15(17)20)14(13(9(2)18-8)16(21)24-3)10-6-4-5-7-11(10)19(22)23/h4-7,14,18H,1-3H3,(H2,17,20). The van der Waals surface area contributed by atoms with Crippen LogP contribution in [-0.2, 0) is 14.3 Å². The Balaban J connectivity index is 2.80. The number of ether oxygens (including phenoxy) is 1. The molecule has 24 heavy (non-hydrogen) atoms. The second kappa shape index (κ2) is 6.53. The lowest BCUT2D eigenvalue weighted by Gasteiger charge is -2.29. The van der Waals surface area contributed by atoms with E-state index in [1.54, 1.807) is 19.9 Å². The maximum Gasteiger partial charge on any atom is 0.336 e. The van der Waals surface area contributed by atoms with E-state index < -0.39 is 22.7 Å². The molecule has 8 nitrogen and oxygen atoms in total. The van der Waals surface area contributed by atoms with Crippen molar-refractivity contribution in [3.63, 3.8) is 0 Å². The van der Waals surface area contributed by atoms with Crippen LogP contribution in [0, 0.1) is 10.1 Å². The highest BCUT2D eigenvalue weighted by Gasteiger charge is 2.39. The van der Waals surface area contributed by atoms with Gasteiger partial charge in [0, 0.05) is 28.6 Å². The third kappa shape index (κ3) is 2.85. The number of allylic oxidation sites excluding steroid dienone is 2. The van der Waals surface area contributed by atoms with Crippen LogP contribution in [0.5, 0.6) is 0 Å². The minimum atomic E-state index is -0.974. The van der Waals surface area contributed by atoms with E-state index in [4.69, 9.17) is 10.5 Å². The first-order chi connectivity index (χ1) is 11.3. The average molecular weight is 331 g/mol. The molecule has 1 aliphatic rings. The van der Waals surface area contributed by atoms with Crippen LogP contribution >= 0.6 is 0 Å². The minimum absolute atomic E-state index is 0.0929. The SMILES string of the molecule is COC(=O)C1=C(C)NC(C)=C(C(N)=O)C1c1ccccc1[N+](=O)[O-]. The van der Waals surface area contributed by atoms with Gasteiger partial charge in [-0.3, -0.25) is 14.9 Å². The maximum atomic E-state index is 12.3. The largest absolute Gasteiger partial charge is 0.466 e. The van der Waals surface area contributed by atoms with Gasteiger partial charge in [-0.2, -0.15) is 0 Å². The molecule has 1 atom stereocenters. The van der Waals surface area contributed by atoms with Gasteiger partial charge in [-0.25, -0.2) is 4.79 Å². The molecule has 0 spiro atoms. The van der Waals surface area contributed by atoms with Crippen LogP contribution in [0.15, 0.2) is 46.8 Å². The van der Waals surface area contributed by atoms with E-state index in [-0.39, 0.29) is 22.4 Å². The molecule has 1 amide bonds. The first-order valence-corrected chi connectivity index (χ1v) is 7.09. The number of nitrogens with one attached hydrogen (secondary N) is 1. The van der Waals surface area contributed by atoms with Gasteiger partial charge in [-0.15, -0.1) is 0 Å². The van der Waals surface area contributed by atoms with Gasteiger partial charge in [-0.1, -0.05) is 18.2 Å². The number of nitrogens with two attached hydrogens (primary N) is 1. The summed E-state index contributed by atoms with van der Waals surface area (Å²) in [6.07, 6.45) is 0. The third-order valence-electron chi connectivity index (χ3n) is 3.88. The quantitative estimate of drug-likeness (QED) is 0.489. The van der Waals surface area contributed by atoms with Gasteiger partial charge in [0.25, 0.3) is 5.69 Å². The fourth-order valence-corrected chi connectivity index (χ4v) is 2.91. The summed E-state index contributed by atoms with van der Waals surface area (Å²) < 4.78 is 4.79. The monoisotopic (exact) mass is 331 g/mol. The van der Waals surface area contributed by atoms with E-state index in [1.807, 2.05) is 0 Å². The summed E-state index contributed by atoms with van der Waals surface area (Å²) in [6, 6.07) is 5.93. The van der Waals surface area contributed by atoms with Crippen molar-refractivity contribution in [2.75, 3.05) is 7.11 Å². The Bertz CT molecular complexity index is 795. The molecule has 0 saturated heterocycles. The van der Waals surface area contributed by atoms with Crippen LogP contribution in [0.2, 0.25) is 0 Å². The molecule has 1 aromatic carbocycles. The molecule has 2 rings (SSSR count). The highest BCUT2D eigenvalue weighted by molar-refractivity contribution is 6.01. The summed E-state index contributed by atoms with van der Waals surface area (Å²) >= 11 is 0. The van der Waals surface area contributed by atoms with Gasteiger partial charge in [-0.05, 0) is 13.8 Å². The van der Waals surface area contributed by atoms with Gasteiger partial charge >= 0.3 is 5.97 Å². The number of dihydropyridines is 1. The Labute approximate surface area is 138 Å². The van der Waals surface area contributed by atoms with Crippen molar-refractivity contribution in [3.8, 4) is 0 Å². The van der Waals surface area contributed by atoms with E-state index in [2.05, 4.69) is 5.32 Å². The lowest BCUT2D eigenvalue weighted by Crippen LogP contribution is -2.34. The van der Waals surface area contributed by atoms with Crippen molar-refractivity contribution in [1.82, 2.24) is 5.32 Å². The highest BCUT2D eigenvalue weighted by atomic mass is 16.6. The molecule has 8 heteroatoms. The number of benzene rings is 1. The number of nitro groups is 1. The number of para-hydroxylation sites is 1. The first kappa shape index (κ1) is 17.2. The molecule has 1 aliphatic heterocycles. The smallest absolute Gasteiger partial charge is 0.336 e. The zero-order valence-electron chi connectivity index (χ0n) is 13.5. The first-order valence-electron chi connectivity index (χ1n) is 7.09. The number of rotatable bonds is 4. The van der Waals surface area contributed by atoms with Crippen molar-refractivity contribution < 1.29 is 19.2 Å². The fourth-order valence-electron chi connectivity index (χ4n) is 2.91. The zero-order chi connectivity index (χ0) is 18.0. The maximum absolute atomic E-state index is 12.3. The normalized spacial score (nSPS) is 17.4. The molecule has 0 aliphatic carbocycles. The predicted molar refractivity (Wildman–Crippen MR) is 85.6 cm³/mol. The second-order valence-electron chi connectivity index (χ2n) is 5.31. The number of carbonyl (C=O) groups excluding carboxylic acids is 2. The molecule has 0 bridgehead atoms.